The molecule has 1 N–H and O–H groups in total. The molecule has 2 atom stereocenters. The van der Waals surface area contributed by atoms with Crippen LogP contribution >= 0.6 is 27.3 Å². The van der Waals surface area contributed by atoms with E-state index < -0.39 is 0 Å². The second-order valence-electron chi connectivity index (χ2n) is 4.71. The largest absolute Gasteiger partial charge is 0.307 e. The number of nitrogens with zero attached hydrogens (tertiary/aromatic N) is 1. The van der Waals surface area contributed by atoms with Gasteiger partial charge in [0.1, 0.15) is 0 Å². The summed E-state index contributed by atoms with van der Waals surface area (Å²) in [4.78, 5) is 4.08. The van der Waals surface area contributed by atoms with Crippen LogP contribution in [-0.4, -0.2) is 30.1 Å². The fourth-order valence-electron chi connectivity index (χ4n) is 3.00. The lowest BCUT2D eigenvalue weighted by Gasteiger charge is -2.21. The van der Waals surface area contributed by atoms with E-state index >= 15 is 0 Å². The maximum atomic E-state index is 3.74. The molecule has 3 rings (SSSR count). The lowest BCUT2D eigenvalue weighted by atomic mass is 10.1. The number of hydrogen-bond donors (Lipinski definition) is 1. The minimum atomic E-state index is 0.719. The third-order valence-corrected chi connectivity index (χ3v) is 5.75. The second-order valence-corrected chi connectivity index (χ2v) is 6.57. The minimum absolute atomic E-state index is 0.719. The van der Waals surface area contributed by atoms with Crippen molar-refractivity contribution in [1.29, 1.82) is 0 Å². The molecule has 0 bridgehead atoms. The molecule has 1 aromatic heterocycles. The van der Waals surface area contributed by atoms with E-state index in [0.717, 1.165) is 18.6 Å². The van der Waals surface area contributed by atoms with Crippen LogP contribution in [0, 0.1) is 0 Å². The molecule has 1 aromatic rings. The van der Waals surface area contributed by atoms with E-state index in [1.54, 1.807) is 0 Å². The Morgan fingerprint density at radius 3 is 3.19 bits per heavy atom. The molecule has 0 aliphatic carbocycles. The predicted molar refractivity (Wildman–Crippen MR) is 71.9 cm³/mol. The van der Waals surface area contributed by atoms with Gasteiger partial charge < -0.3 is 5.32 Å². The van der Waals surface area contributed by atoms with Gasteiger partial charge in [-0.2, -0.15) is 0 Å². The maximum absolute atomic E-state index is 3.74. The first-order chi connectivity index (χ1) is 7.84. The smallest absolute Gasteiger partial charge is 0.0327 e. The number of nitrogens with one attached hydrogen (secondary N) is 1. The van der Waals surface area contributed by atoms with Crippen molar-refractivity contribution in [1.82, 2.24) is 10.2 Å². The highest BCUT2D eigenvalue weighted by Crippen LogP contribution is 2.29. The number of halogens is 1. The third kappa shape index (κ3) is 2.08. The van der Waals surface area contributed by atoms with Gasteiger partial charge in [-0.15, -0.1) is 11.3 Å². The van der Waals surface area contributed by atoms with Gasteiger partial charge in [0.25, 0.3) is 0 Å². The lowest BCUT2D eigenvalue weighted by Crippen LogP contribution is -2.38. The zero-order chi connectivity index (χ0) is 11.0. The number of thiophene rings is 1. The standard InChI is InChI=1S/C12H17BrN2S/c13-9-4-7-16-12(9)8-14-10-3-6-15-5-1-2-11(10)15/h4,7,10-11,14H,1-3,5-6,8H2. The predicted octanol–water partition coefficient (Wildman–Crippen LogP) is 2.84. The Morgan fingerprint density at radius 1 is 1.44 bits per heavy atom. The fourth-order valence-corrected chi connectivity index (χ4v) is 4.44. The van der Waals surface area contributed by atoms with Crippen molar-refractivity contribution in [3.63, 3.8) is 0 Å². The molecule has 4 heteroatoms. The van der Waals surface area contributed by atoms with Crippen LogP contribution in [0.1, 0.15) is 24.1 Å². The summed E-state index contributed by atoms with van der Waals surface area (Å²) in [6.07, 6.45) is 4.11. The highest BCUT2D eigenvalue weighted by Gasteiger charge is 2.36. The molecule has 0 spiro atoms. The molecule has 2 nitrogen and oxygen atoms in total. The van der Waals surface area contributed by atoms with E-state index in [2.05, 4.69) is 37.6 Å². The Kier molecular flexibility index (Phi) is 3.34. The van der Waals surface area contributed by atoms with Gasteiger partial charge in [0.15, 0.2) is 0 Å². The molecule has 16 heavy (non-hydrogen) atoms. The van der Waals surface area contributed by atoms with Gasteiger partial charge in [-0.1, -0.05) is 0 Å². The normalized spacial score (nSPS) is 29.8. The Balaban J connectivity index is 1.58. The SMILES string of the molecule is Brc1ccsc1CNC1CCN2CCCC12. The molecule has 2 unspecified atom stereocenters. The van der Waals surface area contributed by atoms with Crippen molar-refractivity contribution in [2.75, 3.05) is 13.1 Å². The molecule has 88 valence electrons. The summed E-state index contributed by atoms with van der Waals surface area (Å²) in [6.45, 7) is 3.65. The molecule has 2 saturated heterocycles. The van der Waals surface area contributed by atoms with Crippen LogP contribution in [0.5, 0.6) is 0 Å². The second kappa shape index (κ2) is 4.77. The molecule has 2 fully saturated rings. The van der Waals surface area contributed by atoms with Gasteiger partial charge in [0, 0.05) is 34.5 Å². The van der Waals surface area contributed by atoms with Crippen molar-refractivity contribution in [2.45, 2.75) is 37.9 Å². The highest BCUT2D eigenvalue weighted by atomic mass is 79.9. The molecule has 0 saturated carbocycles. The average Bonchev–Trinajstić information content (AvgIpc) is 2.92. The zero-order valence-electron chi connectivity index (χ0n) is 9.29. The van der Waals surface area contributed by atoms with Gasteiger partial charge in [0.05, 0.1) is 0 Å². The van der Waals surface area contributed by atoms with E-state index in [1.165, 1.54) is 41.7 Å². The summed E-state index contributed by atoms with van der Waals surface area (Å²) >= 11 is 5.43. The van der Waals surface area contributed by atoms with Gasteiger partial charge in [-0.05, 0) is 53.2 Å². The number of hydrogen-bond acceptors (Lipinski definition) is 3. The van der Waals surface area contributed by atoms with Gasteiger partial charge in [0.2, 0.25) is 0 Å². The minimum Gasteiger partial charge on any atom is -0.307 e. The summed E-state index contributed by atoms with van der Waals surface area (Å²) < 4.78 is 1.26. The highest BCUT2D eigenvalue weighted by molar-refractivity contribution is 9.10. The summed E-state index contributed by atoms with van der Waals surface area (Å²) in [5, 5.41) is 5.89. The topological polar surface area (TPSA) is 15.3 Å². The van der Waals surface area contributed by atoms with Crippen LogP contribution in [0.15, 0.2) is 15.9 Å². The van der Waals surface area contributed by atoms with Gasteiger partial charge >= 0.3 is 0 Å². The van der Waals surface area contributed by atoms with Crippen LogP contribution in [0.25, 0.3) is 0 Å². The van der Waals surface area contributed by atoms with Crippen molar-refractivity contribution in [2.24, 2.45) is 0 Å². The van der Waals surface area contributed by atoms with Crippen molar-refractivity contribution in [3.05, 3.63) is 20.8 Å². The lowest BCUT2D eigenvalue weighted by molar-refractivity contribution is 0.298. The summed E-state index contributed by atoms with van der Waals surface area (Å²) in [5.74, 6) is 0. The number of rotatable bonds is 3. The van der Waals surface area contributed by atoms with Crippen molar-refractivity contribution < 1.29 is 0 Å². The Labute approximate surface area is 109 Å². The van der Waals surface area contributed by atoms with E-state index in [9.17, 15) is 0 Å². The molecule has 2 aliphatic heterocycles. The fraction of sp³-hybridized carbons (Fsp3) is 0.667. The monoisotopic (exact) mass is 300 g/mol. The first-order valence-electron chi connectivity index (χ1n) is 6.04. The van der Waals surface area contributed by atoms with Crippen LogP contribution in [0.3, 0.4) is 0 Å². The Bertz CT molecular complexity index is 366. The first-order valence-corrected chi connectivity index (χ1v) is 7.71. The third-order valence-electron chi connectivity index (χ3n) is 3.82. The molecular formula is C12H17BrN2S. The van der Waals surface area contributed by atoms with Gasteiger partial charge in [-0.25, -0.2) is 0 Å². The molecule has 0 amide bonds. The van der Waals surface area contributed by atoms with Crippen LogP contribution in [-0.2, 0) is 6.54 Å². The van der Waals surface area contributed by atoms with Crippen LogP contribution in [0.4, 0.5) is 0 Å². The molecule has 2 aliphatic rings. The molecule has 3 heterocycles. The number of fused-ring (bicyclic) bond motifs is 1. The summed E-state index contributed by atoms with van der Waals surface area (Å²) in [5.41, 5.74) is 0. The first kappa shape index (κ1) is 11.2. The summed E-state index contributed by atoms with van der Waals surface area (Å²) in [7, 11) is 0. The van der Waals surface area contributed by atoms with Crippen molar-refractivity contribution in [3.8, 4) is 0 Å². The molecule has 0 aromatic carbocycles. The van der Waals surface area contributed by atoms with Crippen LogP contribution < -0.4 is 5.32 Å². The van der Waals surface area contributed by atoms with Crippen molar-refractivity contribution >= 4 is 27.3 Å². The van der Waals surface area contributed by atoms with E-state index in [0.29, 0.717) is 0 Å². The molecule has 0 radical (unpaired) electrons. The van der Waals surface area contributed by atoms with E-state index in [1.807, 2.05) is 11.3 Å². The maximum Gasteiger partial charge on any atom is 0.0327 e. The summed E-state index contributed by atoms with van der Waals surface area (Å²) in [6, 6.07) is 3.67. The average molecular weight is 301 g/mol. The molecular weight excluding hydrogens is 284 g/mol. The zero-order valence-corrected chi connectivity index (χ0v) is 11.7. The van der Waals surface area contributed by atoms with E-state index in [4.69, 9.17) is 0 Å². The van der Waals surface area contributed by atoms with Gasteiger partial charge in [-0.3, -0.25) is 4.90 Å². The van der Waals surface area contributed by atoms with Crippen LogP contribution in [0.2, 0.25) is 0 Å². The Morgan fingerprint density at radius 2 is 2.38 bits per heavy atom. The Hall–Kier alpha value is 0.1000. The quantitative estimate of drug-likeness (QED) is 0.923. The van der Waals surface area contributed by atoms with E-state index in [-0.39, 0.29) is 0 Å².